The summed E-state index contributed by atoms with van der Waals surface area (Å²) in [6.45, 7) is 5.95. The Morgan fingerprint density at radius 2 is 2.11 bits per heavy atom. The lowest BCUT2D eigenvalue weighted by atomic mass is 10.1. The molecule has 3 heteroatoms. The van der Waals surface area contributed by atoms with E-state index in [0.29, 0.717) is 0 Å². The molecule has 96 valence electrons. The molecule has 2 aromatic heterocycles. The van der Waals surface area contributed by atoms with E-state index in [4.69, 9.17) is 0 Å². The van der Waals surface area contributed by atoms with Gasteiger partial charge < -0.3 is 0 Å². The third kappa shape index (κ3) is 3.13. The van der Waals surface area contributed by atoms with Gasteiger partial charge in [0, 0.05) is 24.2 Å². The molecule has 0 N–H and O–H groups in total. The fourth-order valence-corrected chi connectivity index (χ4v) is 1.80. The molecular weight excluding hydrogens is 234 g/mol. The first-order valence-corrected chi connectivity index (χ1v) is 6.26. The first kappa shape index (κ1) is 13.1. The molecular formula is C16H17N3. The molecule has 0 spiro atoms. The van der Waals surface area contributed by atoms with Crippen LogP contribution in [0.3, 0.4) is 0 Å². The van der Waals surface area contributed by atoms with Gasteiger partial charge in [0.15, 0.2) is 0 Å². The van der Waals surface area contributed by atoms with E-state index < -0.39 is 0 Å². The van der Waals surface area contributed by atoms with E-state index in [9.17, 15) is 0 Å². The van der Waals surface area contributed by atoms with E-state index in [0.717, 1.165) is 28.2 Å². The zero-order chi connectivity index (χ0) is 13.7. The van der Waals surface area contributed by atoms with E-state index in [1.807, 2.05) is 57.3 Å². The maximum atomic E-state index is 4.66. The third-order valence-electron chi connectivity index (χ3n) is 2.83. The first-order chi connectivity index (χ1) is 9.22. The minimum atomic E-state index is 0.895. The summed E-state index contributed by atoms with van der Waals surface area (Å²) in [5.74, 6) is 0. The van der Waals surface area contributed by atoms with Crippen molar-refractivity contribution in [3.05, 3.63) is 60.2 Å². The number of aryl methyl sites for hydroxylation is 1. The Hall–Kier alpha value is -2.29. The molecule has 0 aliphatic carbocycles. The average Bonchev–Trinajstić information content (AvgIpc) is 2.45. The standard InChI is InChI=1S/C16H17N3/c1-4-9-18-13(3)15-6-5-7-16(19-15)14-8-10-17-11-12(14)2/h4-11H,1-3H3/b9-4-,18-13?. The molecule has 0 atom stereocenters. The van der Waals surface area contributed by atoms with Gasteiger partial charge in [-0.15, -0.1) is 0 Å². The third-order valence-corrected chi connectivity index (χ3v) is 2.83. The van der Waals surface area contributed by atoms with Crippen molar-refractivity contribution in [2.75, 3.05) is 0 Å². The molecule has 0 unspecified atom stereocenters. The van der Waals surface area contributed by atoms with Crippen molar-refractivity contribution < 1.29 is 0 Å². The Kier molecular flexibility index (Phi) is 4.18. The predicted octanol–water partition coefficient (Wildman–Crippen LogP) is 3.79. The Bertz CT molecular complexity index is 627. The lowest BCUT2D eigenvalue weighted by Crippen LogP contribution is -1.99. The first-order valence-electron chi connectivity index (χ1n) is 6.26. The van der Waals surface area contributed by atoms with E-state index in [2.05, 4.69) is 15.0 Å². The number of aliphatic imine (C=N–C) groups is 1. The molecule has 19 heavy (non-hydrogen) atoms. The van der Waals surface area contributed by atoms with Gasteiger partial charge in [0.1, 0.15) is 0 Å². The SMILES string of the molecule is C/C=C\N=C(C)c1cccc(-c2ccncc2C)n1. The quantitative estimate of drug-likeness (QED) is 0.778. The van der Waals surface area contributed by atoms with Gasteiger partial charge in [-0.3, -0.25) is 9.98 Å². The van der Waals surface area contributed by atoms with Crippen LogP contribution >= 0.6 is 0 Å². The summed E-state index contributed by atoms with van der Waals surface area (Å²) < 4.78 is 0. The second-order valence-electron chi connectivity index (χ2n) is 4.30. The van der Waals surface area contributed by atoms with Crippen molar-refractivity contribution in [2.45, 2.75) is 20.8 Å². The van der Waals surface area contributed by atoms with Crippen molar-refractivity contribution in [1.29, 1.82) is 0 Å². The summed E-state index contributed by atoms with van der Waals surface area (Å²) in [4.78, 5) is 13.1. The van der Waals surface area contributed by atoms with Gasteiger partial charge in [-0.05, 0) is 44.5 Å². The summed E-state index contributed by atoms with van der Waals surface area (Å²) >= 11 is 0. The Balaban J connectivity index is 2.43. The molecule has 2 heterocycles. The minimum absolute atomic E-state index is 0.895. The van der Waals surface area contributed by atoms with Gasteiger partial charge in [-0.25, -0.2) is 4.98 Å². The fraction of sp³-hybridized carbons (Fsp3) is 0.188. The molecule has 0 aliphatic rings. The van der Waals surface area contributed by atoms with Crippen molar-refractivity contribution in [3.63, 3.8) is 0 Å². The summed E-state index contributed by atoms with van der Waals surface area (Å²) in [7, 11) is 0. The molecule has 3 nitrogen and oxygen atoms in total. The van der Waals surface area contributed by atoms with Crippen LogP contribution in [0, 0.1) is 6.92 Å². The summed E-state index contributed by atoms with van der Waals surface area (Å²) in [6.07, 6.45) is 7.32. The van der Waals surface area contributed by atoms with Gasteiger partial charge >= 0.3 is 0 Å². The predicted molar refractivity (Wildman–Crippen MR) is 79.2 cm³/mol. The van der Waals surface area contributed by atoms with Crippen LogP contribution in [0.4, 0.5) is 0 Å². The van der Waals surface area contributed by atoms with Crippen molar-refractivity contribution in [3.8, 4) is 11.3 Å². The van der Waals surface area contributed by atoms with E-state index >= 15 is 0 Å². The number of pyridine rings is 2. The summed E-state index contributed by atoms with van der Waals surface area (Å²) in [5.41, 5.74) is 4.98. The van der Waals surface area contributed by atoms with Crippen LogP contribution in [0.5, 0.6) is 0 Å². The molecule has 0 aliphatic heterocycles. The number of hydrogen-bond acceptors (Lipinski definition) is 3. The van der Waals surface area contributed by atoms with Gasteiger partial charge in [0.05, 0.1) is 17.1 Å². The highest BCUT2D eigenvalue weighted by molar-refractivity contribution is 5.97. The number of hydrogen-bond donors (Lipinski definition) is 0. The molecule has 0 fully saturated rings. The summed E-state index contributed by atoms with van der Waals surface area (Å²) in [5, 5.41) is 0. The van der Waals surface area contributed by atoms with Gasteiger partial charge in [-0.1, -0.05) is 12.1 Å². The lowest BCUT2D eigenvalue weighted by molar-refractivity contribution is 1.23. The molecule has 2 aromatic rings. The van der Waals surface area contributed by atoms with E-state index in [-0.39, 0.29) is 0 Å². The largest absolute Gasteiger partial charge is 0.264 e. The Morgan fingerprint density at radius 3 is 2.84 bits per heavy atom. The van der Waals surface area contributed by atoms with Crippen LogP contribution in [-0.2, 0) is 0 Å². The van der Waals surface area contributed by atoms with Crippen LogP contribution in [0.2, 0.25) is 0 Å². The average molecular weight is 251 g/mol. The number of aromatic nitrogens is 2. The number of allylic oxidation sites excluding steroid dienone is 1. The normalized spacial score (nSPS) is 12.1. The van der Waals surface area contributed by atoms with E-state index in [1.165, 1.54) is 0 Å². The fourth-order valence-electron chi connectivity index (χ4n) is 1.80. The van der Waals surface area contributed by atoms with Gasteiger partial charge in [0.2, 0.25) is 0 Å². The van der Waals surface area contributed by atoms with E-state index in [1.54, 1.807) is 12.4 Å². The zero-order valence-electron chi connectivity index (χ0n) is 11.5. The van der Waals surface area contributed by atoms with Gasteiger partial charge in [-0.2, -0.15) is 0 Å². The maximum Gasteiger partial charge on any atom is 0.0849 e. The molecule has 0 aromatic carbocycles. The highest BCUT2D eigenvalue weighted by Gasteiger charge is 2.05. The Labute approximate surface area is 113 Å². The minimum Gasteiger partial charge on any atom is -0.264 e. The molecule has 0 saturated carbocycles. The molecule has 0 bridgehead atoms. The monoisotopic (exact) mass is 251 g/mol. The van der Waals surface area contributed by atoms with Crippen molar-refractivity contribution >= 4 is 5.71 Å². The molecule has 0 saturated heterocycles. The maximum absolute atomic E-state index is 4.66. The molecule has 0 radical (unpaired) electrons. The van der Waals surface area contributed by atoms with Crippen LogP contribution in [0.25, 0.3) is 11.3 Å². The molecule has 2 rings (SSSR count). The highest BCUT2D eigenvalue weighted by Crippen LogP contribution is 2.20. The van der Waals surface area contributed by atoms with Crippen molar-refractivity contribution in [1.82, 2.24) is 9.97 Å². The van der Waals surface area contributed by atoms with Crippen LogP contribution in [0.15, 0.2) is 53.9 Å². The number of nitrogens with zero attached hydrogens (tertiary/aromatic N) is 3. The number of rotatable bonds is 3. The lowest BCUT2D eigenvalue weighted by Gasteiger charge is -2.06. The highest BCUT2D eigenvalue weighted by atomic mass is 14.8. The second kappa shape index (κ2) is 6.05. The smallest absolute Gasteiger partial charge is 0.0849 e. The van der Waals surface area contributed by atoms with Crippen LogP contribution in [0.1, 0.15) is 25.1 Å². The Morgan fingerprint density at radius 1 is 1.26 bits per heavy atom. The molecule has 0 amide bonds. The van der Waals surface area contributed by atoms with Crippen molar-refractivity contribution in [2.24, 2.45) is 4.99 Å². The van der Waals surface area contributed by atoms with Crippen LogP contribution in [-0.4, -0.2) is 15.7 Å². The summed E-state index contributed by atoms with van der Waals surface area (Å²) in [6, 6.07) is 7.98. The zero-order valence-corrected chi connectivity index (χ0v) is 11.5. The van der Waals surface area contributed by atoms with Crippen LogP contribution < -0.4 is 0 Å². The topological polar surface area (TPSA) is 38.1 Å². The second-order valence-corrected chi connectivity index (χ2v) is 4.30. The van der Waals surface area contributed by atoms with Gasteiger partial charge in [0.25, 0.3) is 0 Å².